The Morgan fingerprint density at radius 1 is 1.03 bits per heavy atom. The molecule has 2 aromatic carbocycles. The van der Waals surface area contributed by atoms with Crippen molar-refractivity contribution in [3.05, 3.63) is 82.0 Å². The van der Waals surface area contributed by atoms with Gasteiger partial charge in [-0.1, -0.05) is 54.1 Å². The van der Waals surface area contributed by atoms with Gasteiger partial charge in [0.1, 0.15) is 5.60 Å². The van der Waals surface area contributed by atoms with Crippen LogP contribution in [0.25, 0.3) is 0 Å². The smallest absolute Gasteiger partial charge is 0.414 e. The first-order valence-electron chi connectivity index (χ1n) is 11.0. The first kappa shape index (κ1) is 25.3. The number of esters is 1. The van der Waals surface area contributed by atoms with Crippen LogP contribution in [-0.2, 0) is 25.6 Å². The van der Waals surface area contributed by atoms with Crippen LogP contribution in [0.4, 0.5) is 4.79 Å². The van der Waals surface area contributed by atoms with Crippen molar-refractivity contribution >= 4 is 29.6 Å². The predicted octanol–water partition coefficient (Wildman–Crippen LogP) is 5.16. The Morgan fingerprint density at radius 2 is 1.68 bits per heavy atom. The van der Waals surface area contributed by atoms with Crippen molar-refractivity contribution in [3.63, 3.8) is 0 Å². The minimum atomic E-state index is -0.959. The molecule has 1 aliphatic rings. The van der Waals surface area contributed by atoms with Crippen LogP contribution in [0.15, 0.2) is 65.9 Å². The van der Waals surface area contributed by atoms with Crippen LogP contribution in [0.5, 0.6) is 0 Å². The molecule has 8 heteroatoms. The van der Waals surface area contributed by atoms with Gasteiger partial charge in [0.2, 0.25) is 5.91 Å². The molecule has 0 radical (unpaired) electrons. The largest absolute Gasteiger partial charge is 0.467 e. The lowest BCUT2D eigenvalue weighted by molar-refractivity contribution is -0.145. The third-order valence-corrected chi connectivity index (χ3v) is 5.53. The number of carbonyl (C=O) groups is 3. The molecular formula is C26H29ClN2O5. The van der Waals surface area contributed by atoms with Crippen molar-refractivity contribution in [1.29, 1.82) is 0 Å². The van der Waals surface area contributed by atoms with Crippen LogP contribution in [0.2, 0.25) is 5.02 Å². The number of rotatable bonds is 7. The summed E-state index contributed by atoms with van der Waals surface area (Å²) >= 11 is 5.99. The van der Waals surface area contributed by atoms with E-state index in [0.29, 0.717) is 34.7 Å². The highest BCUT2D eigenvalue weighted by Crippen LogP contribution is 2.34. The van der Waals surface area contributed by atoms with Crippen molar-refractivity contribution in [2.24, 2.45) is 0 Å². The van der Waals surface area contributed by atoms with Gasteiger partial charge in [-0.3, -0.25) is 9.69 Å². The second-order valence-corrected chi connectivity index (χ2v) is 9.39. The number of allylic oxidation sites excluding steroid dienone is 1. The van der Waals surface area contributed by atoms with Gasteiger partial charge >= 0.3 is 12.1 Å². The molecule has 1 N–H and O–H groups in total. The molecule has 0 saturated carbocycles. The Kier molecular flexibility index (Phi) is 7.99. The van der Waals surface area contributed by atoms with Gasteiger partial charge in [-0.25, -0.2) is 9.59 Å². The first-order valence-corrected chi connectivity index (χ1v) is 11.4. The average Bonchev–Trinajstić information content (AvgIpc) is 2.76. The zero-order valence-corrected chi connectivity index (χ0v) is 20.5. The predicted molar refractivity (Wildman–Crippen MR) is 129 cm³/mol. The zero-order valence-electron chi connectivity index (χ0n) is 19.8. The summed E-state index contributed by atoms with van der Waals surface area (Å²) in [5.41, 5.74) is 1.74. The molecule has 0 bridgehead atoms. The molecular weight excluding hydrogens is 456 g/mol. The molecule has 2 aromatic rings. The summed E-state index contributed by atoms with van der Waals surface area (Å²) in [6.45, 7) is 5.58. The molecule has 2 amide bonds. The topological polar surface area (TPSA) is 84.9 Å². The number of halogens is 1. The van der Waals surface area contributed by atoms with Crippen molar-refractivity contribution in [2.75, 3.05) is 7.11 Å². The lowest BCUT2D eigenvalue weighted by Gasteiger charge is -2.35. The molecule has 1 atom stereocenters. The van der Waals surface area contributed by atoms with Gasteiger partial charge in [0.25, 0.3) is 0 Å². The van der Waals surface area contributed by atoms with Crippen LogP contribution in [-0.4, -0.2) is 35.6 Å². The van der Waals surface area contributed by atoms with E-state index in [1.165, 1.54) is 12.0 Å². The summed E-state index contributed by atoms with van der Waals surface area (Å²) in [5, 5.41) is 3.35. The number of hydrogen-bond donors (Lipinski definition) is 1. The van der Waals surface area contributed by atoms with E-state index in [9.17, 15) is 14.4 Å². The zero-order chi connectivity index (χ0) is 24.9. The highest BCUT2D eigenvalue weighted by atomic mass is 35.5. The summed E-state index contributed by atoms with van der Waals surface area (Å²) < 4.78 is 10.5. The molecule has 0 fully saturated rings. The highest BCUT2D eigenvalue weighted by molar-refractivity contribution is 6.30. The molecule has 0 unspecified atom stereocenters. The van der Waals surface area contributed by atoms with Crippen LogP contribution in [0.3, 0.4) is 0 Å². The van der Waals surface area contributed by atoms with Crippen LogP contribution < -0.4 is 5.32 Å². The number of nitrogens with zero attached hydrogens (tertiary/aromatic N) is 1. The summed E-state index contributed by atoms with van der Waals surface area (Å²) in [4.78, 5) is 40.1. The van der Waals surface area contributed by atoms with E-state index in [1.54, 1.807) is 57.2 Å². The molecule has 180 valence electrons. The Bertz CT molecular complexity index is 1070. The third kappa shape index (κ3) is 6.38. The van der Waals surface area contributed by atoms with Crippen molar-refractivity contribution in [1.82, 2.24) is 10.2 Å². The van der Waals surface area contributed by atoms with Gasteiger partial charge in [-0.15, -0.1) is 0 Å². The van der Waals surface area contributed by atoms with Crippen LogP contribution >= 0.6 is 11.6 Å². The van der Waals surface area contributed by atoms with Gasteiger partial charge in [0.15, 0.2) is 6.04 Å². The number of hydrogen-bond acceptors (Lipinski definition) is 5. The minimum Gasteiger partial charge on any atom is -0.467 e. The second kappa shape index (κ2) is 10.7. The van der Waals surface area contributed by atoms with Crippen molar-refractivity contribution in [2.45, 2.75) is 51.8 Å². The molecule has 7 nitrogen and oxygen atoms in total. The van der Waals surface area contributed by atoms with Crippen molar-refractivity contribution < 1.29 is 23.9 Å². The summed E-state index contributed by atoms with van der Waals surface area (Å²) in [5.74, 6) is -1.00. The maximum absolute atomic E-state index is 13.2. The Labute approximate surface area is 204 Å². The molecule has 1 aliphatic carbocycles. The molecule has 0 aromatic heterocycles. The second-order valence-electron chi connectivity index (χ2n) is 8.96. The number of benzene rings is 2. The third-order valence-electron chi connectivity index (χ3n) is 5.27. The molecule has 0 heterocycles. The van der Waals surface area contributed by atoms with E-state index in [4.69, 9.17) is 21.1 Å². The lowest BCUT2D eigenvalue weighted by Crippen LogP contribution is -2.42. The Morgan fingerprint density at radius 3 is 2.21 bits per heavy atom. The van der Waals surface area contributed by atoms with Crippen LogP contribution in [0.1, 0.15) is 50.8 Å². The quantitative estimate of drug-likeness (QED) is 0.549. The van der Waals surface area contributed by atoms with E-state index in [2.05, 4.69) is 5.32 Å². The lowest BCUT2D eigenvalue weighted by atomic mass is 9.91. The number of methoxy groups -OCH3 is 1. The summed E-state index contributed by atoms with van der Waals surface area (Å²) in [6.07, 6.45) is 0.461. The number of carbonyl (C=O) groups excluding carboxylic acids is 3. The minimum absolute atomic E-state index is 0.220. The van der Waals surface area contributed by atoms with Crippen LogP contribution in [0, 0.1) is 0 Å². The van der Waals surface area contributed by atoms with Gasteiger partial charge in [-0.2, -0.15) is 0 Å². The molecule has 0 spiro atoms. The number of ether oxygens (including phenoxy) is 2. The van der Waals surface area contributed by atoms with E-state index >= 15 is 0 Å². The highest BCUT2D eigenvalue weighted by Gasteiger charge is 2.35. The van der Waals surface area contributed by atoms with E-state index < -0.39 is 29.6 Å². The maximum Gasteiger partial charge on any atom is 0.414 e. The molecule has 34 heavy (non-hydrogen) atoms. The van der Waals surface area contributed by atoms with Gasteiger partial charge in [0, 0.05) is 16.3 Å². The Hall–Kier alpha value is -3.32. The maximum atomic E-state index is 13.2. The fourth-order valence-corrected chi connectivity index (χ4v) is 3.65. The number of nitrogens with one attached hydrogen (secondary N) is 1. The SMILES string of the molecule is COC(=O)[C@@H](NC(=O)C1=C(N(Cc2ccc(Cl)cc2)C(=O)OC(C)(C)C)CC1)c1ccccc1. The van der Waals surface area contributed by atoms with Gasteiger partial charge in [0.05, 0.1) is 13.7 Å². The van der Waals surface area contributed by atoms with Gasteiger partial charge < -0.3 is 14.8 Å². The Balaban J connectivity index is 1.89. The fraction of sp³-hybridized carbons (Fsp3) is 0.346. The van der Waals surface area contributed by atoms with E-state index in [0.717, 1.165) is 5.56 Å². The molecule has 0 aliphatic heterocycles. The van der Waals surface area contributed by atoms with Crippen molar-refractivity contribution in [3.8, 4) is 0 Å². The molecule has 3 rings (SSSR count). The fourth-order valence-electron chi connectivity index (χ4n) is 3.52. The average molecular weight is 485 g/mol. The summed E-state index contributed by atoms with van der Waals surface area (Å²) in [7, 11) is 1.27. The first-order chi connectivity index (χ1) is 16.1. The number of amides is 2. The van der Waals surface area contributed by atoms with E-state index in [-0.39, 0.29) is 6.54 Å². The monoisotopic (exact) mass is 484 g/mol. The van der Waals surface area contributed by atoms with Gasteiger partial charge in [-0.05, 0) is 56.9 Å². The standard InChI is InChI=1S/C26H29ClN2O5/c1-26(2,3)34-25(32)29(16-17-10-12-19(27)13-11-17)21-15-14-20(21)23(30)28-22(24(31)33-4)18-8-6-5-7-9-18/h5-13,22H,14-16H2,1-4H3,(H,28,30)/t22-/m0/s1. The normalized spacial score (nSPS) is 14.0. The van der Waals surface area contributed by atoms with E-state index in [1.807, 2.05) is 18.2 Å². The molecule has 0 saturated heterocycles. The summed E-state index contributed by atoms with van der Waals surface area (Å²) in [6, 6.07) is 15.0.